The minimum absolute atomic E-state index is 0.201. The van der Waals surface area contributed by atoms with Crippen LogP contribution in [0.5, 0.6) is 0 Å². The number of primary amides is 1. The van der Waals surface area contributed by atoms with Crippen LogP contribution in [0, 0.1) is 13.8 Å². The van der Waals surface area contributed by atoms with Gasteiger partial charge in [0.1, 0.15) is 11.4 Å². The second kappa shape index (κ2) is 12.1. The summed E-state index contributed by atoms with van der Waals surface area (Å²) < 4.78 is 149. The number of hydrogen-bond donors (Lipinski definition) is 2. The van der Waals surface area contributed by atoms with Crippen LogP contribution in [0.2, 0.25) is 0 Å². The van der Waals surface area contributed by atoms with E-state index in [1.807, 2.05) is 0 Å². The highest BCUT2D eigenvalue weighted by atomic mass is 32.2. The van der Waals surface area contributed by atoms with Crippen molar-refractivity contribution in [1.82, 2.24) is 9.62 Å². The molecular formula is C29H28F9N5O4S. The van der Waals surface area contributed by atoms with Crippen LogP contribution in [-0.2, 0) is 20.7 Å². The zero-order valence-corrected chi connectivity index (χ0v) is 26.1. The number of urea groups is 1. The number of halogens is 9. The third kappa shape index (κ3) is 6.24. The van der Waals surface area contributed by atoms with Crippen LogP contribution in [0.25, 0.3) is 6.08 Å². The molecule has 3 N–H and O–H groups in total. The number of amidine groups is 1. The molecule has 1 spiro atoms. The predicted octanol–water partition coefficient (Wildman–Crippen LogP) is 5.45. The monoisotopic (exact) mass is 713 g/mol. The first-order chi connectivity index (χ1) is 21.9. The first-order valence-corrected chi connectivity index (χ1v) is 15.4. The van der Waals surface area contributed by atoms with Crippen molar-refractivity contribution in [3.05, 3.63) is 69.6 Å². The molecule has 0 aromatic heterocycles. The maximum Gasteiger partial charge on any atom is 0.460 e. The Morgan fingerprint density at radius 2 is 1.54 bits per heavy atom. The highest BCUT2D eigenvalue weighted by Gasteiger charge is 2.82. The van der Waals surface area contributed by atoms with Gasteiger partial charge in [0.05, 0.1) is 0 Å². The van der Waals surface area contributed by atoms with Gasteiger partial charge in [-0.1, -0.05) is 18.2 Å². The molecule has 0 saturated carbocycles. The molecule has 2 aromatic carbocycles. The molecule has 1 saturated heterocycles. The minimum atomic E-state index is -7.09. The van der Waals surface area contributed by atoms with Gasteiger partial charge in [-0.3, -0.25) is 14.7 Å². The van der Waals surface area contributed by atoms with Gasteiger partial charge < -0.3 is 11.1 Å². The van der Waals surface area contributed by atoms with Crippen molar-refractivity contribution in [2.75, 3.05) is 25.0 Å². The molecule has 2 aromatic rings. The summed E-state index contributed by atoms with van der Waals surface area (Å²) in [6.45, 7) is 2.95. The number of piperidine rings is 1. The molecule has 0 bridgehead atoms. The number of nitrogens with one attached hydrogen (secondary N) is 1. The molecule has 1 fully saturated rings. The Hall–Kier alpha value is -4.13. The summed E-state index contributed by atoms with van der Waals surface area (Å²) in [4.78, 5) is 29.8. The number of amides is 3. The van der Waals surface area contributed by atoms with Crippen LogP contribution < -0.4 is 16.0 Å². The van der Waals surface area contributed by atoms with Gasteiger partial charge in [-0.15, -0.1) is 0 Å². The number of benzene rings is 2. The number of carbonyl (C=O) groups is 2. The predicted molar refractivity (Wildman–Crippen MR) is 156 cm³/mol. The van der Waals surface area contributed by atoms with Gasteiger partial charge in [0.15, 0.2) is 0 Å². The average Bonchev–Trinajstić information content (AvgIpc) is 3.30. The van der Waals surface area contributed by atoms with Crippen LogP contribution >= 0.6 is 0 Å². The first-order valence-electron chi connectivity index (χ1n) is 13.9. The number of nitrogens with two attached hydrogens (primary N) is 1. The molecule has 48 heavy (non-hydrogen) atoms. The summed E-state index contributed by atoms with van der Waals surface area (Å²) >= 11 is 0. The minimum Gasteiger partial charge on any atom is -0.351 e. The standard InChI is InChI=1S/C29H28F9N5O4S/c1-16-13-20(42(3)24(39)45)14-17(2)21(16)7-12-48(46,47)43-10-8-25(9-11-43)23(44)40-22(41-25)18-5-4-6-19(15-18)26(30,31)27(32,33)28(34,35)29(36,37)38/h4-7,12-15H,8-11H2,1-3H3,(H2,39,45)(H,40,41,44)/b12-7+. The molecule has 0 radical (unpaired) electrons. The lowest BCUT2D eigenvalue weighted by Gasteiger charge is -2.34. The molecule has 0 atom stereocenters. The zero-order chi connectivity index (χ0) is 36.3. The number of rotatable bonds is 8. The number of aryl methyl sites for hydroxylation is 2. The van der Waals surface area contributed by atoms with E-state index in [1.54, 1.807) is 26.0 Å². The fourth-order valence-corrected chi connectivity index (χ4v) is 6.47. The lowest BCUT2D eigenvalue weighted by atomic mass is 9.89. The van der Waals surface area contributed by atoms with Crippen LogP contribution in [0.15, 0.2) is 46.8 Å². The van der Waals surface area contributed by atoms with Crippen molar-refractivity contribution in [2.24, 2.45) is 10.7 Å². The van der Waals surface area contributed by atoms with Crippen LogP contribution in [0.4, 0.5) is 50.0 Å². The first kappa shape index (κ1) is 36.7. The number of anilines is 1. The Kier molecular flexibility index (Phi) is 9.24. The highest BCUT2D eigenvalue weighted by Crippen LogP contribution is 2.56. The molecule has 9 nitrogen and oxygen atoms in total. The Balaban J connectivity index is 1.53. The van der Waals surface area contributed by atoms with Gasteiger partial charge in [-0.25, -0.2) is 13.2 Å². The Bertz CT molecular complexity index is 1780. The molecule has 3 amide bonds. The summed E-state index contributed by atoms with van der Waals surface area (Å²) in [6.07, 6.45) is -6.02. The van der Waals surface area contributed by atoms with Crippen LogP contribution in [0.1, 0.15) is 40.7 Å². The normalized spacial score (nSPS) is 17.9. The molecule has 262 valence electrons. The van der Waals surface area contributed by atoms with Crippen molar-refractivity contribution in [3.63, 3.8) is 0 Å². The number of hydrogen-bond acceptors (Lipinski definition) is 5. The smallest absolute Gasteiger partial charge is 0.351 e. The molecule has 2 heterocycles. The average molecular weight is 714 g/mol. The number of sulfonamides is 1. The molecule has 2 aliphatic heterocycles. The van der Waals surface area contributed by atoms with Crippen molar-refractivity contribution < 1.29 is 57.5 Å². The summed E-state index contributed by atoms with van der Waals surface area (Å²) in [6, 6.07) is 4.71. The lowest BCUT2D eigenvalue weighted by Crippen LogP contribution is -2.59. The van der Waals surface area contributed by atoms with Gasteiger partial charge >= 0.3 is 30.0 Å². The molecule has 2 aliphatic rings. The Morgan fingerprint density at radius 3 is 2.06 bits per heavy atom. The quantitative estimate of drug-likeness (QED) is 0.353. The maximum atomic E-state index is 14.6. The van der Waals surface area contributed by atoms with Gasteiger partial charge in [0, 0.05) is 42.4 Å². The van der Waals surface area contributed by atoms with E-state index in [1.165, 1.54) is 18.0 Å². The summed E-state index contributed by atoms with van der Waals surface area (Å²) in [5.74, 6) is -21.2. The van der Waals surface area contributed by atoms with Crippen molar-refractivity contribution in [1.29, 1.82) is 0 Å². The highest BCUT2D eigenvalue weighted by molar-refractivity contribution is 7.92. The largest absolute Gasteiger partial charge is 0.460 e. The fourth-order valence-electron chi connectivity index (χ4n) is 5.30. The van der Waals surface area contributed by atoms with Crippen molar-refractivity contribution in [2.45, 2.75) is 56.2 Å². The van der Waals surface area contributed by atoms with E-state index >= 15 is 0 Å². The van der Waals surface area contributed by atoms with Crippen molar-refractivity contribution in [3.8, 4) is 0 Å². The molecular weight excluding hydrogens is 685 g/mol. The van der Waals surface area contributed by atoms with E-state index < -0.39 is 68.4 Å². The fraction of sp³-hybridized carbons (Fsp3) is 0.414. The zero-order valence-electron chi connectivity index (χ0n) is 25.3. The summed E-state index contributed by atoms with van der Waals surface area (Å²) in [5.41, 5.74) is 3.67. The van der Waals surface area contributed by atoms with Gasteiger partial charge in [-0.05, 0) is 67.7 Å². The van der Waals surface area contributed by atoms with E-state index in [4.69, 9.17) is 5.73 Å². The van der Waals surface area contributed by atoms with Gasteiger partial charge in [-0.2, -0.15) is 43.8 Å². The molecule has 0 unspecified atom stereocenters. The number of carbonyl (C=O) groups excluding carboxylic acids is 2. The van der Waals surface area contributed by atoms with E-state index in [0.29, 0.717) is 28.4 Å². The van der Waals surface area contributed by atoms with E-state index in [2.05, 4.69) is 10.3 Å². The lowest BCUT2D eigenvalue weighted by molar-refractivity contribution is -0.399. The maximum absolute atomic E-state index is 14.6. The number of aliphatic imine (C=N–C) groups is 1. The van der Waals surface area contributed by atoms with E-state index in [-0.39, 0.29) is 38.1 Å². The second-order valence-corrected chi connectivity index (χ2v) is 13.2. The molecule has 4 rings (SSSR count). The van der Waals surface area contributed by atoms with Gasteiger partial charge in [0.25, 0.3) is 5.91 Å². The molecule has 19 heteroatoms. The van der Waals surface area contributed by atoms with E-state index in [9.17, 15) is 57.5 Å². The number of alkyl halides is 9. The third-order valence-corrected chi connectivity index (χ3v) is 9.80. The van der Waals surface area contributed by atoms with E-state index in [0.717, 1.165) is 15.8 Å². The SMILES string of the molecule is Cc1cc(N(C)C(N)=O)cc(C)c1/C=C/S(=O)(=O)N1CCC2(CC1)N=C(c1cccc(C(F)(F)C(F)(F)C(F)(F)C(F)(F)F)c1)NC2=O. The Labute approximate surface area is 268 Å². The van der Waals surface area contributed by atoms with Crippen LogP contribution in [0.3, 0.4) is 0 Å². The third-order valence-electron chi connectivity index (χ3n) is 8.24. The van der Waals surface area contributed by atoms with Crippen LogP contribution in [-0.4, -0.2) is 74.2 Å². The summed E-state index contributed by atoms with van der Waals surface area (Å²) in [5, 5.41) is 3.23. The van der Waals surface area contributed by atoms with Gasteiger partial charge in [0.2, 0.25) is 10.0 Å². The second-order valence-electron chi connectivity index (χ2n) is 11.4. The summed E-state index contributed by atoms with van der Waals surface area (Å²) in [7, 11) is -2.58. The number of nitrogens with zero attached hydrogens (tertiary/aromatic N) is 3. The Morgan fingerprint density at radius 1 is 0.979 bits per heavy atom. The topological polar surface area (TPSA) is 125 Å². The molecule has 0 aliphatic carbocycles. The van der Waals surface area contributed by atoms with Crippen molar-refractivity contribution >= 4 is 39.6 Å².